The van der Waals surface area contributed by atoms with Gasteiger partial charge in [0.05, 0.1) is 11.1 Å². The average molecular weight is 369 g/mol. The van der Waals surface area contributed by atoms with Crippen molar-refractivity contribution in [1.82, 2.24) is 25.7 Å². The largest absolute Gasteiger partial charge is 0.353 e. The van der Waals surface area contributed by atoms with Crippen LogP contribution in [0.25, 0.3) is 0 Å². The summed E-state index contributed by atoms with van der Waals surface area (Å²) in [5, 5.41) is 10.7. The molecule has 10 nitrogen and oxygen atoms in total. The maximum Gasteiger partial charge on any atom is 0.271 e. The van der Waals surface area contributed by atoms with Crippen LogP contribution in [-0.2, 0) is 4.79 Å². The van der Waals surface area contributed by atoms with E-state index in [2.05, 4.69) is 20.8 Å². The highest BCUT2D eigenvalue weighted by atomic mass is 16.2. The smallest absolute Gasteiger partial charge is 0.271 e. The van der Waals surface area contributed by atoms with Gasteiger partial charge in [0.2, 0.25) is 5.91 Å². The Morgan fingerprint density at radius 2 is 1.56 bits per heavy atom. The number of nitrogens with zero attached hydrogens (tertiary/aromatic N) is 2. The molecule has 0 saturated carbocycles. The molecule has 2 aromatic rings. The van der Waals surface area contributed by atoms with Crippen molar-refractivity contribution in [2.75, 3.05) is 19.6 Å². The molecule has 0 radical (unpaired) electrons. The lowest BCUT2D eigenvalue weighted by Crippen LogP contribution is -2.42. The van der Waals surface area contributed by atoms with Gasteiger partial charge in [0, 0.05) is 19.2 Å². The van der Waals surface area contributed by atoms with Gasteiger partial charge in [-0.15, -0.1) is 0 Å². The highest BCUT2D eigenvalue weighted by molar-refractivity contribution is 6.22. The second-order valence-corrected chi connectivity index (χ2v) is 5.65. The number of imide groups is 1. The van der Waals surface area contributed by atoms with E-state index in [1.807, 2.05) is 0 Å². The fourth-order valence-corrected chi connectivity index (χ4v) is 2.52. The molecular formula is C17H15N5O5. The fourth-order valence-electron chi connectivity index (χ4n) is 2.52. The summed E-state index contributed by atoms with van der Waals surface area (Å²) in [6, 6.07) is 8.81. The number of nitrogens with one attached hydrogen (secondary N) is 3. The third-order valence-corrected chi connectivity index (χ3v) is 3.82. The number of hydrogen-bond donors (Lipinski definition) is 3. The van der Waals surface area contributed by atoms with Gasteiger partial charge in [-0.25, -0.2) is 5.10 Å². The molecule has 0 spiro atoms. The number of hydrogen-bond acceptors (Lipinski definition) is 6. The quantitative estimate of drug-likeness (QED) is 0.436. The highest BCUT2D eigenvalue weighted by Gasteiger charge is 2.36. The first-order valence-corrected chi connectivity index (χ1v) is 8.03. The molecule has 138 valence electrons. The van der Waals surface area contributed by atoms with E-state index < -0.39 is 35.7 Å². The lowest BCUT2D eigenvalue weighted by molar-refractivity contribution is -0.121. The predicted octanol–water partition coefficient (Wildman–Crippen LogP) is -1.09. The minimum atomic E-state index is -0.527. The summed E-state index contributed by atoms with van der Waals surface area (Å²) in [7, 11) is 0. The van der Waals surface area contributed by atoms with Gasteiger partial charge in [-0.05, 0) is 18.2 Å². The summed E-state index contributed by atoms with van der Waals surface area (Å²) in [6.45, 7) is -0.202. The molecule has 0 bridgehead atoms. The Hall–Kier alpha value is -3.82. The minimum Gasteiger partial charge on any atom is -0.353 e. The third-order valence-electron chi connectivity index (χ3n) is 3.82. The molecule has 0 saturated heterocycles. The Labute approximate surface area is 152 Å². The van der Waals surface area contributed by atoms with E-state index in [0.29, 0.717) is 0 Å². The van der Waals surface area contributed by atoms with Crippen LogP contribution in [0.15, 0.2) is 41.2 Å². The molecule has 1 aliphatic heterocycles. The number of carbonyl (C=O) groups is 4. The SMILES string of the molecule is O=C(CN1C(=O)c2ccccc2C1=O)NCCNC(=O)c1ccc(=O)[nH]n1. The maximum absolute atomic E-state index is 12.2. The first-order chi connectivity index (χ1) is 13.0. The third kappa shape index (κ3) is 3.89. The maximum atomic E-state index is 12.2. The molecule has 1 aromatic carbocycles. The van der Waals surface area contributed by atoms with Gasteiger partial charge in [0.15, 0.2) is 0 Å². The Bertz CT molecular complexity index is 928. The van der Waals surface area contributed by atoms with Crippen molar-refractivity contribution in [3.8, 4) is 0 Å². The van der Waals surface area contributed by atoms with Crippen molar-refractivity contribution in [3.05, 3.63) is 63.6 Å². The zero-order chi connectivity index (χ0) is 19.4. The first-order valence-electron chi connectivity index (χ1n) is 8.03. The van der Waals surface area contributed by atoms with E-state index in [0.717, 1.165) is 4.90 Å². The summed E-state index contributed by atoms with van der Waals surface area (Å²) in [6.07, 6.45) is 0. The lowest BCUT2D eigenvalue weighted by Gasteiger charge is -2.13. The molecule has 3 N–H and O–H groups in total. The number of aromatic nitrogens is 2. The van der Waals surface area contributed by atoms with E-state index in [9.17, 15) is 24.0 Å². The van der Waals surface area contributed by atoms with Crippen LogP contribution in [0.3, 0.4) is 0 Å². The Morgan fingerprint density at radius 1 is 0.926 bits per heavy atom. The molecule has 0 fully saturated rings. The van der Waals surface area contributed by atoms with Crippen molar-refractivity contribution in [2.45, 2.75) is 0 Å². The topological polar surface area (TPSA) is 141 Å². The summed E-state index contributed by atoms with van der Waals surface area (Å²) in [5.74, 6) is -2.06. The van der Waals surface area contributed by atoms with Gasteiger partial charge >= 0.3 is 0 Å². The van der Waals surface area contributed by atoms with Gasteiger partial charge in [0.1, 0.15) is 12.2 Å². The van der Waals surface area contributed by atoms with Crippen molar-refractivity contribution in [1.29, 1.82) is 0 Å². The number of benzene rings is 1. The number of H-pyrrole nitrogens is 1. The summed E-state index contributed by atoms with van der Waals surface area (Å²) in [5.41, 5.74) is 0.158. The summed E-state index contributed by atoms with van der Waals surface area (Å²) >= 11 is 0. The van der Waals surface area contributed by atoms with Crippen LogP contribution in [-0.4, -0.2) is 58.4 Å². The molecule has 1 aliphatic rings. The standard InChI is InChI=1S/C17H15N5O5/c23-13-6-5-12(20-21-13)15(25)19-8-7-18-14(24)9-22-16(26)10-3-1-2-4-11(10)17(22)27/h1-6H,7-9H2,(H,18,24)(H,19,25)(H,21,23). The average Bonchev–Trinajstić information content (AvgIpc) is 2.91. The van der Waals surface area contributed by atoms with Crippen LogP contribution >= 0.6 is 0 Å². The van der Waals surface area contributed by atoms with E-state index >= 15 is 0 Å². The number of fused-ring (bicyclic) bond motifs is 1. The second-order valence-electron chi connectivity index (χ2n) is 5.65. The molecule has 0 atom stereocenters. The van der Waals surface area contributed by atoms with E-state index in [4.69, 9.17) is 0 Å². The number of aromatic amines is 1. The van der Waals surface area contributed by atoms with Gasteiger partial charge < -0.3 is 10.6 Å². The molecule has 4 amide bonds. The van der Waals surface area contributed by atoms with Crippen LogP contribution in [0.1, 0.15) is 31.2 Å². The van der Waals surface area contributed by atoms with Crippen LogP contribution in [0.4, 0.5) is 0 Å². The Morgan fingerprint density at radius 3 is 2.15 bits per heavy atom. The molecule has 1 aromatic heterocycles. The van der Waals surface area contributed by atoms with E-state index in [1.165, 1.54) is 24.3 Å². The van der Waals surface area contributed by atoms with Gasteiger partial charge in [-0.3, -0.25) is 28.9 Å². The molecule has 27 heavy (non-hydrogen) atoms. The molecular weight excluding hydrogens is 354 g/mol. The van der Waals surface area contributed by atoms with E-state index in [-0.39, 0.29) is 29.9 Å². The molecule has 3 rings (SSSR count). The molecule has 0 aliphatic carbocycles. The summed E-state index contributed by atoms with van der Waals surface area (Å²) in [4.78, 5) is 59.9. The van der Waals surface area contributed by atoms with Crippen molar-refractivity contribution >= 4 is 23.6 Å². The predicted molar refractivity (Wildman–Crippen MR) is 92.0 cm³/mol. The highest BCUT2D eigenvalue weighted by Crippen LogP contribution is 2.21. The normalized spacial score (nSPS) is 12.7. The van der Waals surface area contributed by atoms with Crippen LogP contribution in [0.5, 0.6) is 0 Å². The van der Waals surface area contributed by atoms with Crippen molar-refractivity contribution in [2.24, 2.45) is 0 Å². The minimum absolute atomic E-state index is 0.0342. The van der Waals surface area contributed by atoms with Crippen molar-refractivity contribution in [3.63, 3.8) is 0 Å². The zero-order valence-corrected chi connectivity index (χ0v) is 14.0. The second kappa shape index (κ2) is 7.60. The lowest BCUT2D eigenvalue weighted by atomic mass is 10.1. The zero-order valence-electron chi connectivity index (χ0n) is 14.0. The Kier molecular flexibility index (Phi) is 5.06. The number of amides is 4. The van der Waals surface area contributed by atoms with Gasteiger partial charge in [-0.1, -0.05) is 12.1 Å². The molecule has 2 heterocycles. The van der Waals surface area contributed by atoms with Crippen LogP contribution < -0.4 is 16.2 Å². The van der Waals surface area contributed by atoms with E-state index in [1.54, 1.807) is 12.1 Å². The van der Waals surface area contributed by atoms with Crippen molar-refractivity contribution < 1.29 is 19.2 Å². The fraction of sp³-hybridized carbons (Fsp3) is 0.176. The number of carbonyl (C=O) groups excluding carboxylic acids is 4. The summed E-state index contributed by atoms with van der Waals surface area (Å²) < 4.78 is 0. The molecule has 10 heteroatoms. The van der Waals surface area contributed by atoms with Crippen LogP contribution in [0.2, 0.25) is 0 Å². The Balaban J connectivity index is 1.45. The van der Waals surface area contributed by atoms with Crippen LogP contribution in [0, 0.1) is 0 Å². The van der Waals surface area contributed by atoms with Gasteiger partial charge in [-0.2, -0.15) is 5.10 Å². The molecule has 0 unspecified atom stereocenters. The number of rotatable bonds is 6. The monoisotopic (exact) mass is 369 g/mol. The van der Waals surface area contributed by atoms with Gasteiger partial charge in [0.25, 0.3) is 23.3 Å². The first kappa shape index (κ1) is 18.0.